The van der Waals surface area contributed by atoms with Crippen LogP contribution in [-0.2, 0) is 0 Å². The molecule has 17 heavy (non-hydrogen) atoms. The summed E-state index contributed by atoms with van der Waals surface area (Å²) in [5.41, 5.74) is 0.260. The van der Waals surface area contributed by atoms with Gasteiger partial charge in [0.1, 0.15) is 0 Å². The van der Waals surface area contributed by atoms with Gasteiger partial charge in [-0.1, -0.05) is 6.92 Å². The number of hydrogen-bond acceptors (Lipinski definition) is 3. The number of nitrogens with zero attached hydrogens (tertiary/aromatic N) is 1. The molecule has 1 aromatic heterocycles. The highest BCUT2D eigenvalue weighted by Crippen LogP contribution is 2.16. The lowest BCUT2D eigenvalue weighted by Crippen LogP contribution is -2.46. The Morgan fingerprint density at radius 3 is 2.88 bits per heavy atom. The lowest BCUT2D eigenvalue weighted by molar-refractivity contribution is 0.0885. The first-order valence-electron chi connectivity index (χ1n) is 5.55. The zero-order valence-electron chi connectivity index (χ0n) is 10.0. The molecule has 0 radical (unpaired) electrons. The molecule has 1 atom stereocenters. The lowest BCUT2D eigenvalue weighted by atomic mass is 9.94. The maximum absolute atomic E-state index is 12.1. The van der Waals surface area contributed by atoms with Gasteiger partial charge >= 0.3 is 0 Å². The zero-order valence-corrected chi connectivity index (χ0v) is 12.2. The van der Waals surface area contributed by atoms with Gasteiger partial charge in [0.2, 0.25) is 0 Å². The van der Waals surface area contributed by atoms with Crippen LogP contribution in [0.25, 0.3) is 0 Å². The summed E-state index contributed by atoms with van der Waals surface area (Å²) in [4.78, 5) is 16.0. The van der Waals surface area contributed by atoms with E-state index in [2.05, 4.69) is 32.9 Å². The van der Waals surface area contributed by atoms with Crippen LogP contribution in [-0.4, -0.2) is 28.1 Å². The van der Waals surface area contributed by atoms with E-state index >= 15 is 0 Å². The topological polar surface area (TPSA) is 62.2 Å². The molecule has 94 valence electrons. The van der Waals surface area contributed by atoms with E-state index in [9.17, 15) is 4.79 Å². The second kappa shape index (κ2) is 6.30. The van der Waals surface area contributed by atoms with Crippen molar-refractivity contribution in [1.82, 2.24) is 10.3 Å². The summed E-state index contributed by atoms with van der Waals surface area (Å²) in [5.74, 6) is -0.116. The fourth-order valence-electron chi connectivity index (χ4n) is 1.48. The van der Waals surface area contributed by atoms with Crippen LogP contribution in [0.1, 0.15) is 37.0 Å². The van der Waals surface area contributed by atoms with Gasteiger partial charge in [0.05, 0.1) is 5.56 Å². The van der Waals surface area contributed by atoms with Crippen LogP contribution >= 0.6 is 22.6 Å². The summed E-state index contributed by atoms with van der Waals surface area (Å²) in [5, 5.41) is 12.0. The molecule has 0 spiro atoms. The first-order valence-corrected chi connectivity index (χ1v) is 6.63. The Morgan fingerprint density at radius 1 is 1.65 bits per heavy atom. The summed E-state index contributed by atoms with van der Waals surface area (Å²) in [6, 6.07) is 1.70. The van der Waals surface area contributed by atoms with E-state index in [1.807, 2.05) is 13.8 Å². The molecule has 0 aliphatic carbocycles. The second-order valence-corrected chi connectivity index (χ2v) is 5.36. The smallest absolute Gasteiger partial charge is 0.252 e. The third-order valence-corrected chi connectivity index (χ3v) is 3.74. The number of halogens is 1. The second-order valence-electron chi connectivity index (χ2n) is 4.20. The molecule has 5 heteroatoms. The first-order chi connectivity index (χ1) is 8.02. The van der Waals surface area contributed by atoms with Crippen molar-refractivity contribution in [3.63, 3.8) is 0 Å². The minimum absolute atomic E-state index is 0.0675. The highest BCUT2D eigenvalue weighted by Gasteiger charge is 2.24. The Morgan fingerprint density at radius 2 is 2.35 bits per heavy atom. The fourth-order valence-corrected chi connectivity index (χ4v) is 2.06. The maximum atomic E-state index is 12.1. The Labute approximate surface area is 115 Å². The minimum Gasteiger partial charge on any atom is -0.396 e. The molecular formula is C12H17IN2O2. The normalized spacial score (nSPS) is 14.1. The number of amides is 1. The molecule has 0 saturated heterocycles. The van der Waals surface area contributed by atoms with Crippen molar-refractivity contribution < 1.29 is 9.90 Å². The van der Waals surface area contributed by atoms with E-state index in [1.165, 1.54) is 0 Å². The average molecular weight is 348 g/mol. The summed E-state index contributed by atoms with van der Waals surface area (Å²) >= 11 is 2.09. The molecule has 0 aliphatic heterocycles. The zero-order chi connectivity index (χ0) is 12.9. The monoisotopic (exact) mass is 348 g/mol. The van der Waals surface area contributed by atoms with Crippen molar-refractivity contribution in [2.24, 2.45) is 0 Å². The van der Waals surface area contributed by atoms with Crippen molar-refractivity contribution in [3.8, 4) is 0 Å². The number of nitrogens with one attached hydrogen (secondary N) is 1. The van der Waals surface area contributed by atoms with Crippen LogP contribution in [0.15, 0.2) is 18.5 Å². The number of carbonyl (C=O) groups excluding carboxylic acids is 1. The molecule has 1 aromatic rings. The molecular weight excluding hydrogens is 331 g/mol. The van der Waals surface area contributed by atoms with Crippen LogP contribution in [0.5, 0.6) is 0 Å². The highest BCUT2D eigenvalue weighted by atomic mass is 127. The van der Waals surface area contributed by atoms with Crippen LogP contribution in [0.2, 0.25) is 0 Å². The number of rotatable bonds is 5. The van der Waals surface area contributed by atoms with Crippen LogP contribution in [0.3, 0.4) is 0 Å². The predicted molar refractivity (Wildman–Crippen MR) is 74.8 cm³/mol. The lowest BCUT2D eigenvalue weighted by Gasteiger charge is -2.29. The molecule has 0 aliphatic rings. The van der Waals surface area contributed by atoms with E-state index in [-0.39, 0.29) is 18.1 Å². The number of hydrogen-bond donors (Lipinski definition) is 2. The van der Waals surface area contributed by atoms with Gasteiger partial charge in [-0.25, -0.2) is 0 Å². The van der Waals surface area contributed by atoms with E-state index in [1.54, 1.807) is 18.5 Å². The Bertz CT molecular complexity index is 398. The fraction of sp³-hybridized carbons (Fsp3) is 0.500. The summed E-state index contributed by atoms with van der Waals surface area (Å²) in [7, 11) is 0. The van der Waals surface area contributed by atoms with Gasteiger partial charge < -0.3 is 10.4 Å². The third kappa shape index (κ3) is 3.92. The third-order valence-electron chi connectivity index (χ3n) is 2.88. The van der Waals surface area contributed by atoms with E-state index in [0.29, 0.717) is 12.0 Å². The number of aliphatic hydroxyl groups is 1. The van der Waals surface area contributed by atoms with Crippen molar-refractivity contribution in [3.05, 3.63) is 27.6 Å². The first kappa shape index (κ1) is 14.4. The largest absolute Gasteiger partial charge is 0.396 e. The molecule has 1 rings (SSSR count). The maximum Gasteiger partial charge on any atom is 0.252 e. The average Bonchev–Trinajstić information content (AvgIpc) is 2.29. The number of aromatic nitrogens is 1. The van der Waals surface area contributed by atoms with E-state index in [0.717, 1.165) is 9.99 Å². The van der Waals surface area contributed by atoms with Gasteiger partial charge in [0, 0.05) is 28.1 Å². The number of aliphatic hydroxyl groups excluding tert-OH is 1. The quantitative estimate of drug-likeness (QED) is 0.800. The number of carbonyl (C=O) groups is 1. The van der Waals surface area contributed by atoms with Crippen molar-refractivity contribution in [2.75, 3.05) is 6.61 Å². The molecule has 1 amide bonds. The Hall–Kier alpha value is -0.690. The molecule has 1 unspecified atom stereocenters. The number of pyridine rings is 1. The SMILES string of the molecule is CCC(C)(CCO)NC(=O)c1ccncc1I. The summed E-state index contributed by atoms with van der Waals surface area (Å²) in [6.45, 7) is 4.00. The van der Waals surface area contributed by atoms with E-state index in [4.69, 9.17) is 5.11 Å². The molecule has 0 aromatic carbocycles. The molecule has 2 N–H and O–H groups in total. The summed E-state index contributed by atoms with van der Waals surface area (Å²) in [6.07, 6.45) is 4.59. The van der Waals surface area contributed by atoms with Gasteiger partial charge in [-0.2, -0.15) is 0 Å². The molecule has 0 fully saturated rings. The molecule has 0 bridgehead atoms. The minimum atomic E-state index is -0.363. The Kier molecular flexibility index (Phi) is 5.32. The van der Waals surface area contributed by atoms with Gasteiger partial charge in [0.25, 0.3) is 5.91 Å². The van der Waals surface area contributed by atoms with Crippen molar-refractivity contribution in [2.45, 2.75) is 32.2 Å². The molecule has 1 heterocycles. The predicted octanol–water partition coefficient (Wildman–Crippen LogP) is 1.97. The highest BCUT2D eigenvalue weighted by molar-refractivity contribution is 14.1. The van der Waals surface area contributed by atoms with E-state index < -0.39 is 0 Å². The molecule has 4 nitrogen and oxygen atoms in total. The van der Waals surface area contributed by atoms with Crippen LogP contribution < -0.4 is 5.32 Å². The van der Waals surface area contributed by atoms with Crippen molar-refractivity contribution >= 4 is 28.5 Å². The molecule has 0 saturated carbocycles. The van der Waals surface area contributed by atoms with Crippen LogP contribution in [0.4, 0.5) is 0 Å². The van der Waals surface area contributed by atoms with Gasteiger partial charge in [-0.05, 0) is 48.4 Å². The van der Waals surface area contributed by atoms with Crippen LogP contribution in [0, 0.1) is 3.57 Å². The van der Waals surface area contributed by atoms with Gasteiger partial charge in [0.15, 0.2) is 0 Å². The van der Waals surface area contributed by atoms with Gasteiger partial charge in [-0.3, -0.25) is 9.78 Å². The Balaban J connectivity index is 2.82. The standard InChI is InChI=1S/C12H17IN2O2/c1-3-12(2,5-7-16)15-11(17)9-4-6-14-8-10(9)13/h4,6,8,16H,3,5,7H2,1-2H3,(H,15,17). The van der Waals surface area contributed by atoms with Gasteiger partial charge in [-0.15, -0.1) is 0 Å². The van der Waals surface area contributed by atoms with Crippen molar-refractivity contribution in [1.29, 1.82) is 0 Å². The summed E-state index contributed by atoms with van der Waals surface area (Å²) < 4.78 is 0.824.